The maximum Gasteiger partial charge on any atom is 0.266 e. The standard InChI is InChI=1S/C8H8ClNO2/c9-6-3-5-4-12-2-1-7(5)10-8(6)11/h3H,1-2,4H2,(H,10,11). The van der Waals surface area contributed by atoms with Crippen molar-refractivity contribution in [2.24, 2.45) is 0 Å². The molecule has 0 unspecified atom stereocenters. The molecule has 0 atom stereocenters. The fourth-order valence-electron chi connectivity index (χ4n) is 1.29. The van der Waals surface area contributed by atoms with Gasteiger partial charge < -0.3 is 9.72 Å². The van der Waals surface area contributed by atoms with Gasteiger partial charge in [0.15, 0.2) is 0 Å². The van der Waals surface area contributed by atoms with Crippen LogP contribution >= 0.6 is 11.6 Å². The van der Waals surface area contributed by atoms with Gasteiger partial charge in [-0.3, -0.25) is 4.79 Å². The minimum atomic E-state index is -0.211. The van der Waals surface area contributed by atoms with E-state index in [1.54, 1.807) is 6.07 Å². The molecule has 1 aliphatic heterocycles. The molecule has 0 bridgehead atoms. The summed E-state index contributed by atoms with van der Waals surface area (Å²) in [5.74, 6) is 0. The number of H-pyrrole nitrogens is 1. The van der Waals surface area contributed by atoms with Crippen molar-refractivity contribution in [1.82, 2.24) is 4.98 Å². The first-order chi connectivity index (χ1) is 5.77. The molecule has 0 radical (unpaired) electrons. The smallest absolute Gasteiger partial charge is 0.266 e. The maximum absolute atomic E-state index is 11.1. The third-order valence-electron chi connectivity index (χ3n) is 1.92. The lowest BCUT2D eigenvalue weighted by Gasteiger charge is -2.15. The summed E-state index contributed by atoms with van der Waals surface area (Å²) in [6, 6.07) is 1.68. The van der Waals surface area contributed by atoms with E-state index in [0.717, 1.165) is 17.7 Å². The lowest BCUT2D eigenvalue weighted by Crippen LogP contribution is -2.18. The average Bonchev–Trinajstić information content (AvgIpc) is 2.07. The summed E-state index contributed by atoms with van der Waals surface area (Å²) in [5, 5.41) is 0.235. The monoisotopic (exact) mass is 185 g/mol. The van der Waals surface area contributed by atoms with E-state index in [1.165, 1.54) is 0 Å². The summed E-state index contributed by atoms with van der Waals surface area (Å²) < 4.78 is 5.21. The quantitative estimate of drug-likeness (QED) is 0.658. The van der Waals surface area contributed by atoms with Crippen LogP contribution in [0.1, 0.15) is 11.3 Å². The zero-order valence-electron chi connectivity index (χ0n) is 6.39. The molecule has 0 saturated heterocycles. The van der Waals surface area contributed by atoms with Crippen LogP contribution in [-0.2, 0) is 17.8 Å². The van der Waals surface area contributed by atoms with Crippen LogP contribution in [0.25, 0.3) is 0 Å². The summed E-state index contributed by atoms with van der Waals surface area (Å²) in [6.45, 7) is 1.22. The van der Waals surface area contributed by atoms with Crippen molar-refractivity contribution >= 4 is 11.6 Å². The highest BCUT2D eigenvalue weighted by Gasteiger charge is 2.11. The lowest BCUT2D eigenvalue weighted by atomic mass is 10.1. The van der Waals surface area contributed by atoms with Gasteiger partial charge in [-0.25, -0.2) is 0 Å². The molecule has 0 aromatic carbocycles. The fraction of sp³-hybridized carbons (Fsp3) is 0.375. The Morgan fingerprint density at radius 2 is 2.42 bits per heavy atom. The Morgan fingerprint density at radius 3 is 3.25 bits per heavy atom. The lowest BCUT2D eigenvalue weighted by molar-refractivity contribution is 0.109. The van der Waals surface area contributed by atoms with Gasteiger partial charge in [-0.15, -0.1) is 0 Å². The Bertz CT molecular complexity index is 359. The molecular weight excluding hydrogens is 178 g/mol. The fourth-order valence-corrected chi connectivity index (χ4v) is 1.47. The molecule has 2 heterocycles. The second-order valence-electron chi connectivity index (χ2n) is 2.75. The van der Waals surface area contributed by atoms with Crippen molar-refractivity contribution < 1.29 is 4.74 Å². The normalized spacial score (nSPS) is 15.8. The summed E-state index contributed by atoms with van der Waals surface area (Å²) in [5.41, 5.74) is 1.74. The van der Waals surface area contributed by atoms with Gasteiger partial charge in [0.1, 0.15) is 5.02 Å². The Balaban J connectivity index is 2.56. The summed E-state index contributed by atoms with van der Waals surface area (Å²) in [6.07, 6.45) is 0.766. The molecule has 12 heavy (non-hydrogen) atoms. The van der Waals surface area contributed by atoms with E-state index in [0.29, 0.717) is 13.2 Å². The summed E-state index contributed by atoms with van der Waals surface area (Å²) in [4.78, 5) is 13.8. The molecule has 1 aromatic rings. The predicted octanol–water partition coefficient (Wildman–Crippen LogP) is 1.10. The summed E-state index contributed by atoms with van der Waals surface area (Å²) in [7, 11) is 0. The van der Waals surface area contributed by atoms with Crippen LogP contribution < -0.4 is 5.56 Å². The second-order valence-corrected chi connectivity index (χ2v) is 3.16. The number of aromatic amines is 1. The third kappa shape index (κ3) is 1.26. The maximum atomic E-state index is 11.1. The number of hydrogen-bond acceptors (Lipinski definition) is 2. The molecule has 64 valence electrons. The van der Waals surface area contributed by atoms with Crippen LogP contribution in [0.5, 0.6) is 0 Å². The van der Waals surface area contributed by atoms with Gasteiger partial charge in [0, 0.05) is 12.1 Å². The van der Waals surface area contributed by atoms with Gasteiger partial charge in [-0.2, -0.15) is 0 Å². The van der Waals surface area contributed by atoms with Gasteiger partial charge in [-0.05, 0) is 11.6 Å². The van der Waals surface area contributed by atoms with Crippen LogP contribution in [-0.4, -0.2) is 11.6 Å². The van der Waals surface area contributed by atoms with E-state index in [-0.39, 0.29) is 10.6 Å². The van der Waals surface area contributed by atoms with E-state index in [1.807, 2.05) is 0 Å². The zero-order valence-corrected chi connectivity index (χ0v) is 7.15. The number of aromatic nitrogens is 1. The van der Waals surface area contributed by atoms with Crippen molar-refractivity contribution in [3.8, 4) is 0 Å². The number of halogens is 1. The second kappa shape index (κ2) is 2.92. The average molecular weight is 186 g/mol. The number of hydrogen-bond donors (Lipinski definition) is 1. The van der Waals surface area contributed by atoms with Crippen molar-refractivity contribution in [2.75, 3.05) is 6.61 Å². The number of nitrogens with one attached hydrogen (secondary N) is 1. The number of pyridine rings is 1. The Labute approximate surface area is 74.3 Å². The molecule has 0 fully saturated rings. The van der Waals surface area contributed by atoms with E-state index in [4.69, 9.17) is 16.3 Å². The van der Waals surface area contributed by atoms with Gasteiger partial charge in [0.2, 0.25) is 0 Å². The van der Waals surface area contributed by atoms with E-state index in [2.05, 4.69) is 4.98 Å². The van der Waals surface area contributed by atoms with Gasteiger partial charge >= 0.3 is 0 Å². The molecule has 0 amide bonds. The van der Waals surface area contributed by atoms with Crippen molar-refractivity contribution in [1.29, 1.82) is 0 Å². The number of rotatable bonds is 0. The molecule has 2 rings (SSSR count). The van der Waals surface area contributed by atoms with Crippen LogP contribution in [0, 0.1) is 0 Å². The minimum absolute atomic E-state index is 0.211. The Hall–Kier alpha value is -0.800. The van der Waals surface area contributed by atoms with Crippen LogP contribution in [0.2, 0.25) is 5.02 Å². The van der Waals surface area contributed by atoms with Crippen LogP contribution in [0.3, 0.4) is 0 Å². The number of fused-ring (bicyclic) bond motifs is 1. The van der Waals surface area contributed by atoms with Crippen molar-refractivity contribution in [3.05, 3.63) is 32.7 Å². The van der Waals surface area contributed by atoms with Gasteiger partial charge in [0.05, 0.1) is 13.2 Å². The zero-order chi connectivity index (χ0) is 8.55. The van der Waals surface area contributed by atoms with Crippen molar-refractivity contribution in [2.45, 2.75) is 13.0 Å². The molecule has 3 nitrogen and oxygen atoms in total. The van der Waals surface area contributed by atoms with Crippen LogP contribution in [0.4, 0.5) is 0 Å². The third-order valence-corrected chi connectivity index (χ3v) is 2.20. The predicted molar refractivity (Wildman–Crippen MR) is 45.4 cm³/mol. The molecule has 1 N–H and O–H groups in total. The molecule has 1 aliphatic rings. The van der Waals surface area contributed by atoms with Gasteiger partial charge in [0.25, 0.3) is 5.56 Å². The molecule has 0 aliphatic carbocycles. The minimum Gasteiger partial charge on any atom is -0.376 e. The SMILES string of the molecule is O=c1[nH]c2c(cc1Cl)COCC2. The molecule has 4 heteroatoms. The number of ether oxygens (including phenoxy) is 1. The molecular formula is C8H8ClNO2. The van der Waals surface area contributed by atoms with E-state index in [9.17, 15) is 4.79 Å². The highest BCUT2D eigenvalue weighted by atomic mass is 35.5. The van der Waals surface area contributed by atoms with Crippen LogP contribution in [0.15, 0.2) is 10.9 Å². The topological polar surface area (TPSA) is 42.1 Å². The largest absolute Gasteiger partial charge is 0.376 e. The first-order valence-corrected chi connectivity index (χ1v) is 4.13. The van der Waals surface area contributed by atoms with Gasteiger partial charge in [-0.1, -0.05) is 11.6 Å². The highest BCUT2D eigenvalue weighted by Crippen LogP contribution is 2.15. The highest BCUT2D eigenvalue weighted by molar-refractivity contribution is 6.30. The molecule has 0 saturated carbocycles. The molecule has 1 aromatic heterocycles. The Morgan fingerprint density at radius 1 is 1.58 bits per heavy atom. The van der Waals surface area contributed by atoms with E-state index >= 15 is 0 Å². The van der Waals surface area contributed by atoms with E-state index < -0.39 is 0 Å². The summed E-state index contributed by atoms with van der Waals surface area (Å²) >= 11 is 5.65. The first-order valence-electron chi connectivity index (χ1n) is 3.75. The molecule has 0 spiro atoms. The van der Waals surface area contributed by atoms with Crippen molar-refractivity contribution in [3.63, 3.8) is 0 Å². The Kier molecular flexibility index (Phi) is 1.90. The first kappa shape index (κ1) is 7.83.